The second-order valence-electron chi connectivity index (χ2n) is 4.54. The van der Waals surface area contributed by atoms with Crippen molar-refractivity contribution in [1.29, 1.82) is 0 Å². The molecule has 1 heterocycles. The summed E-state index contributed by atoms with van der Waals surface area (Å²) in [5.41, 5.74) is 1.25. The van der Waals surface area contributed by atoms with Gasteiger partial charge in [0.15, 0.2) is 0 Å². The summed E-state index contributed by atoms with van der Waals surface area (Å²) >= 11 is 0. The number of H-pyrrole nitrogens is 1. The van der Waals surface area contributed by atoms with Crippen LogP contribution in [0.15, 0.2) is 23.1 Å². The Morgan fingerprint density at radius 2 is 2.10 bits per heavy atom. The third-order valence-electron chi connectivity index (χ3n) is 3.02. The summed E-state index contributed by atoms with van der Waals surface area (Å²) in [5.74, 6) is -0.0413. The van der Waals surface area contributed by atoms with Crippen molar-refractivity contribution in [1.82, 2.24) is 14.9 Å². The lowest BCUT2D eigenvalue weighted by Gasteiger charge is -2.10. The number of hydrogen-bond acceptors (Lipinski definition) is 4. The van der Waals surface area contributed by atoms with Gasteiger partial charge in [-0.1, -0.05) is 0 Å². The van der Waals surface area contributed by atoms with Crippen LogP contribution in [0.3, 0.4) is 0 Å². The first-order chi connectivity index (χ1) is 9.85. The number of aromatic amines is 1. The molecule has 0 aliphatic rings. The molecular weight excluding hydrogens is 297 g/mol. The molecule has 1 aromatic heterocycles. The molecule has 0 saturated heterocycles. The van der Waals surface area contributed by atoms with Crippen LogP contribution in [-0.2, 0) is 16.6 Å². The molecule has 0 spiro atoms. The van der Waals surface area contributed by atoms with E-state index in [1.807, 2.05) is 0 Å². The minimum atomic E-state index is -3.74. The summed E-state index contributed by atoms with van der Waals surface area (Å²) < 4.78 is 45.3. The Bertz CT molecular complexity index is 737. The summed E-state index contributed by atoms with van der Waals surface area (Å²) in [5, 5.41) is 6.48. The first-order valence-corrected chi connectivity index (χ1v) is 7.67. The summed E-state index contributed by atoms with van der Waals surface area (Å²) in [7, 11) is -2.30. The maximum atomic E-state index is 13.3. The van der Waals surface area contributed by atoms with E-state index in [-0.39, 0.29) is 11.4 Å². The maximum absolute atomic E-state index is 13.3. The van der Waals surface area contributed by atoms with Crippen LogP contribution < -0.4 is 9.46 Å². The van der Waals surface area contributed by atoms with Crippen molar-refractivity contribution in [3.05, 3.63) is 41.0 Å². The summed E-state index contributed by atoms with van der Waals surface area (Å²) in [6, 6.07) is 3.94. The van der Waals surface area contributed by atoms with Gasteiger partial charge in [-0.2, -0.15) is 5.10 Å². The van der Waals surface area contributed by atoms with Gasteiger partial charge in [0.1, 0.15) is 16.5 Å². The zero-order valence-electron chi connectivity index (χ0n) is 11.9. The van der Waals surface area contributed by atoms with E-state index in [1.54, 1.807) is 13.8 Å². The van der Waals surface area contributed by atoms with Crippen molar-refractivity contribution in [3.8, 4) is 5.75 Å². The van der Waals surface area contributed by atoms with Crippen molar-refractivity contribution in [2.75, 3.05) is 7.11 Å². The third-order valence-corrected chi connectivity index (χ3v) is 4.69. The van der Waals surface area contributed by atoms with Crippen molar-refractivity contribution in [2.45, 2.75) is 25.3 Å². The SMILES string of the molecule is COc1ccc(F)cc1CNS(=O)(=O)c1c(C)n[nH]c1C. The molecule has 0 atom stereocenters. The highest BCUT2D eigenvalue weighted by Crippen LogP contribution is 2.21. The number of hydrogen-bond donors (Lipinski definition) is 2. The fraction of sp³-hybridized carbons (Fsp3) is 0.308. The molecule has 114 valence electrons. The van der Waals surface area contributed by atoms with Crippen molar-refractivity contribution in [2.24, 2.45) is 0 Å². The van der Waals surface area contributed by atoms with E-state index in [1.165, 1.54) is 25.3 Å². The Hall–Kier alpha value is -1.93. The Morgan fingerprint density at radius 3 is 2.67 bits per heavy atom. The van der Waals surface area contributed by atoms with Crippen LogP contribution >= 0.6 is 0 Å². The number of ether oxygens (including phenoxy) is 1. The van der Waals surface area contributed by atoms with E-state index in [0.717, 1.165) is 0 Å². The molecule has 0 bridgehead atoms. The fourth-order valence-corrected chi connectivity index (χ4v) is 3.44. The molecule has 2 N–H and O–H groups in total. The molecule has 0 aliphatic carbocycles. The Morgan fingerprint density at radius 1 is 1.38 bits per heavy atom. The van der Waals surface area contributed by atoms with Gasteiger partial charge in [0, 0.05) is 12.1 Å². The predicted molar refractivity (Wildman–Crippen MR) is 75.0 cm³/mol. The number of nitrogens with one attached hydrogen (secondary N) is 2. The second kappa shape index (κ2) is 5.82. The zero-order chi connectivity index (χ0) is 15.6. The molecule has 0 saturated carbocycles. The zero-order valence-corrected chi connectivity index (χ0v) is 12.7. The van der Waals surface area contributed by atoms with Crippen LogP contribution in [0.4, 0.5) is 4.39 Å². The molecule has 0 aliphatic heterocycles. The van der Waals surface area contributed by atoms with Crippen LogP contribution in [0.5, 0.6) is 5.75 Å². The van der Waals surface area contributed by atoms with Crippen molar-refractivity contribution < 1.29 is 17.5 Å². The molecule has 8 heteroatoms. The van der Waals surface area contributed by atoms with E-state index in [9.17, 15) is 12.8 Å². The predicted octanol–water partition coefficient (Wildman–Crippen LogP) is 1.65. The number of rotatable bonds is 5. The summed E-state index contributed by atoms with van der Waals surface area (Å²) in [6.45, 7) is 3.14. The third kappa shape index (κ3) is 3.22. The van der Waals surface area contributed by atoms with E-state index < -0.39 is 15.8 Å². The van der Waals surface area contributed by atoms with Crippen LogP contribution in [0.2, 0.25) is 0 Å². The monoisotopic (exact) mass is 313 g/mol. The Balaban J connectivity index is 2.26. The van der Waals surface area contributed by atoms with Crippen LogP contribution in [0.25, 0.3) is 0 Å². The molecular formula is C13H16FN3O3S. The quantitative estimate of drug-likeness (QED) is 0.879. The number of sulfonamides is 1. The summed E-state index contributed by atoms with van der Waals surface area (Å²) in [6.07, 6.45) is 0. The van der Waals surface area contributed by atoms with Gasteiger partial charge in [-0.25, -0.2) is 17.5 Å². The van der Waals surface area contributed by atoms with Gasteiger partial charge in [0.05, 0.1) is 18.5 Å². The van der Waals surface area contributed by atoms with Gasteiger partial charge in [-0.3, -0.25) is 5.10 Å². The molecule has 2 aromatic rings. The van der Waals surface area contributed by atoms with Gasteiger partial charge in [0.2, 0.25) is 10.0 Å². The highest BCUT2D eigenvalue weighted by Gasteiger charge is 2.22. The van der Waals surface area contributed by atoms with Crippen molar-refractivity contribution in [3.63, 3.8) is 0 Å². The standard InChI is InChI=1S/C13H16FN3O3S/c1-8-13(9(2)17-16-8)21(18,19)15-7-10-6-11(14)4-5-12(10)20-3/h4-6,15H,7H2,1-3H3,(H,16,17). The molecule has 1 aromatic carbocycles. The normalized spacial score (nSPS) is 11.6. The smallest absolute Gasteiger partial charge is 0.244 e. The minimum absolute atomic E-state index is 0.0761. The van der Waals surface area contributed by atoms with E-state index in [4.69, 9.17) is 4.74 Å². The first kappa shape index (κ1) is 15.5. The lowest BCUT2D eigenvalue weighted by atomic mass is 10.2. The molecule has 2 rings (SSSR count). The van der Waals surface area contributed by atoms with E-state index >= 15 is 0 Å². The van der Waals surface area contributed by atoms with Crippen molar-refractivity contribution >= 4 is 10.0 Å². The van der Waals surface area contributed by atoms with Crippen LogP contribution in [0, 0.1) is 19.7 Å². The van der Waals surface area contributed by atoms with Crippen LogP contribution in [-0.4, -0.2) is 25.7 Å². The number of aryl methyl sites for hydroxylation is 2. The topological polar surface area (TPSA) is 84.1 Å². The lowest BCUT2D eigenvalue weighted by molar-refractivity contribution is 0.407. The average molecular weight is 313 g/mol. The number of aromatic nitrogens is 2. The van der Waals surface area contributed by atoms with Gasteiger partial charge in [-0.15, -0.1) is 0 Å². The molecule has 0 unspecified atom stereocenters. The van der Waals surface area contributed by atoms with Gasteiger partial charge in [-0.05, 0) is 32.0 Å². The lowest BCUT2D eigenvalue weighted by Crippen LogP contribution is -2.24. The maximum Gasteiger partial charge on any atom is 0.244 e. The Labute approximate surface area is 122 Å². The second-order valence-corrected chi connectivity index (χ2v) is 6.25. The molecule has 0 fully saturated rings. The highest BCUT2D eigenvalue weighted by molar-refractivity contribution is 7.89. The molecule has 0 amide bonds. The molecule has 21 heavy (non-hydrogen) atoms. The van der Waals surface area contributed by atoms with E-state index in [2.05, 4.69) is 14.9 Å². The number of methoxy groups -OCH3 is 1. The minimum Gasteiger partial charge on any atom is -0.496 e. The summed E-state index contributed by atoms with van der Waals surface area (Å²) in [4.78, 5) is 0.109. The average Bonchev–Trinajstić information content (AvgIpc) is 2.77. The molecule has 0 radical (unpaired) electrons. The van der Waals surface area contributed by atoms with Gasteiger partial charge < -0.3 is 4.74 Å². The molecule has 6 nitrogen and oxygen atoms in total. The number of nitrogens with zero attached hydrogens (tertiary/aromatic N) is 1. The number of benzene rings is 1. The first-order valence-electron chi connectivity index (χ1n) is 6.19. The van der Waals surface area contributed by atoms with Gasteiger partial charge >= 0.3 is 0 Å². The van der Waals surface area contributed by atoms with E-state index in [0.29, 0.717) is 22.7 Å². The largest absolute Gasteiger partial charge is 0.496 e. The highest BCUT2D eigenvalue weighted by atomic mass is 32.2. The Kier molecular flexibility index (Phi) is 4.29. The number of halogens is 1. The van der Waals surface area contributed by atoms with Gasteiger partial charge in [0.25, 0.3) is 0 Å². The van der Waals surface area contributed by atoms with Crippen LogP contribution in [0.1, 0.15) is 17.0 Å². The fourth-order valence-electron chi connectivity index (χ4n) is 2.07.